The molecule has 0 N–H and O–H groups in total. The van der Waals surface area contributed by atoms with Crippen LogP contribution in [0, 0.1) is 0 Å². The summed E-state index contributed by atoms with van der Waals surface area (Å²) in [6.45, 7) is 7.39. The molecule has 68 valence electrons. The van der Waals surface area contributed by atoms with Gasteiger partial charge in [-0.3, -0.25) is 0 Å². The average Bonchev–Trinajstić information content (AvgIpc) is 2.48. The molecule has 0 amide bonds. The predicted octanol–water partition coefficient (Wildman–Crippen LogP) is 2.20. The van der Waals surface area contributed by atoms with E-state index >= 15 is 0 Å². The highest BCUT2D eigenvalue weighted by molar-refractivity contribution is 4.97. The zero-order valence-corrected chi connectivity index (χ0v) is 8.12. The Labute approximate surface area is 73.8 Å². The van der Waals surface area contributed by atoms with Gasteiger partial charge in [-0.25, -0.2) is 0 Å². The van der Waals surface area contributed by atoms with Crippen molar-refractivity contribution in [3.63, 3.8) is 0 Å². The Kier molecular flexibility index (Phi) is 3.26. The van der Waals surface area contributed by atoms with Crippen LogP contribution in [0.1, 0.15) is 45.2 Å². The zero-order chi connectivity index (χ0) is 8.97. The van der Waals surface area contributed by atoms with Gasteiger partial charge in [-0.1, -0.05) is 27.2 Å². The third-order valence-corrected chi connectivity index (χ3v) is 1.86. The first-order chi connectivity index (χ1) is 5.74. The maximum Gasteiger partial charge on any atom is 0.0852 e. The van der Waals surface area contributed by atoms with Crippen molar-refractivity contribution >= 4 is 0 Å². The minimum Gasteiger partial charge on any atom is -0.185 e. The zero-order valence-electron chi connectivity index (χ0n) is 8.12. The minimum absolute atomic E-state index is 0.486. The quantitative estimate of drug-likeness (QED) is 0.688. The molecular formula is C9H17N3. The van der Waals surface area contributed by atoms with Crippen LogP contribution in [0.5, 0.6) is 0 Å². The molecule has 0 atom stereocenters. The molecule has 3 nitrogen and oxygen atoms in total. The molecule has 1 rings (SSSR count). The summed E-state index contributed by atoms with van der Waals surface area (Å²) in [5.74, 6) is 0.486. The van der Waals surface area contributed by atoms with E-state index in [0.717, 1.165) is 18.7 Å². The summed E-state index contributed by atoms with van der Waals surface area (Å²) in [6, 6.07) is 0. The number of rotatable bonds is 4. The molecule has 0 aliphatic heterocycles. The number of nitrogens with zero attached hydrogens (tertiary/aromatic N) is 3. The maximum absolute atomic E-state index is 4.35. The molecule has 0 bridgehead atoms. The standard InChI is InChI=1S/C9H17N3/c1-4-5-6-12-10-7-9(11-12)8(2)3/h7-8H,4-6H2,1-3H3. The lowest BCUT2D eigenvalue weighted by Crippen LogP contribution is -2.02. The van der Waals surface area contributed by atoms with Gasteiger partial charge in [0.2, 0.25) is 0 Å². The Hall–Kier alpha value is -0.860. The molecule has 0 saturated carbocycles. The fourth-order valence-corrected chi connectivity index (χ4v) is 0.983. The molecule has 0 aliphatic carbocycles. The van der Waals surface area contributed by atoms with E-state index in [1.807, 2.05) is 6.20 Å². The first-order valence-electron chi connectivity index (χ1n) is 4.64. The van der Waals surface area contributed by atoms with E-state index in [-0.39, 0.29) is 0 Å². The SMILES string of the molecule is CCCCn1ncc(C(C)C)n1. The minimum atomic E-state index is 0.486. The number of hydrogen-bond donors (Lipinski definition) is 0. The van der Waals surface area contributed by atoms with Crippen molar-refractivity contribution in [3.05, 3.63) is 11.9 Å². The van der Waals surface area contributed by atoms with Gasteiger partial charge < -0.3 is 0 Å². The summed E-state index contributed by atoms with van der Waals surface area (Å²) in [5, 5.41) is 8.53. The Balaban J connectivity index is 2.52. The molecule has 0 aromatic carbocycles. The van der Waals surface area contributed by atoms with Crippen LogP contribution in [0.3, 0.4) is 0 Å². The summed E-state index contributed by atoms with van der Waals surface area (Å²) < 4.78 is 0. The third-order valence-electron chi connectivity index (χ3n) is 1.86. The van der Waals surface area contributed by atoms with Gasteiger partial charge in [-0.2, -0.15) is 15.0 Å². The molecular weight excluding hydrogens is 150 g/mol. The molecule has 0 unspecified atom stereocenters. The van der Waals surface area contributed by atoms with E-state index in [1.54, 1.807) is 4.80 Å². The van der Waals surface area contributed by atoms with Crippen molar-refractivity contribution in [1.29, 1.82) is 0 Å². The first kappa shape index (κ1) is 9.23. The van der Waals surface area contributed by atoms with E-state index in [2.05, 4.69) is 31.0 Å². The normalized spacial score (nSPS) is 11.0. The Morgan fingerprint density at radius 3 is 2.75 bits per heavy atom. The number of hydrogen-bond acceptors (Lipinski definition) is 2. The van der Waals surface area contributed by atoms with Gasteiger partial charge in [0.25, 0.3) is 0 Å². The number of unbranched alkanes of at least 4 members (excludes halogenated alkanes) is 1. The van der Waals surface area contributed by atoms with Crippen molar-refractivity contribution in [2.75, 3.05) is 0 Å². The van der Waals surface area contributed by atoms with E-state index < -0.39 is 0 Å². The van der Waals surface area contributed by atoms with Gasteiger partial charge in [0, 0.05) is 0 Å². The molecule has 1 aromatic rings. The molecule has 3 heteroatoms. The van der Waals surface area contributed by atoms with Crippen molar-refractivity contribution in [1.82, 2.24) is 15.0 Å². The topological polar surface area (TPSA) is 30.7 Å². The summed E-state index contributed by atoms with van der Waals surface area (Å²) in [5.41, 5.74) is 1.09. The lowest BCUT2D eigenvalue weighted by molar-refractivity contribution is 0.502. The molecule has 0 saturated heterocycles. The van der Waals surface area contributed by atoms with Gasteiger partial charge in [-0.05, 0) is 12.3 Å². The molecule has 1 heterocycles. The monoisotopic (exact) mass is 167 g/mol. The van der Waals surface area contributed by atoms with Gasteiger partial charge in [-0.15, -0.1) is 0 Å². The second-order valence-corrected chi connectivity index (χ2v) is 3.37. The first-order valence-corrected chi connectivity index (χ1v) is 4.64. The molecule has 0 radical (unpaired) electrons. The van der Waals surface area contributed by atoms with E-state index in [9.17, 15) is 0 Å². The summed E-state index contributed by atoms with van der Waals surface area (Å²) in [4.78, 5) is 1.79. The highest BCUT2D eigenvalue weighted by Gasteiger charge is 2.03. The highest BCUT2D eigenvalue weighted by Crippen LogP contribution is 2.08. The molecule has 1 aromatic heterocycles. The van der Waals surface area contributed by atoms with Crippen molar-refractivity contribution < 1.29 is 0 Å². The van der Waals surface area contributed by atoms with Crippen LogP contribution < -0.4 is 0 Å². The molecule has 0 spiro atoms. The number of aromatic nitrogens is 3. The summed E-state index contributed by atoms with van der Waals surface area (Å²) >= 11 is 0. The van der Waals surface area contributed by atoms with E-state index in [1.165, 1.54) is 6.42 Å². The van der Waals surface area contributed by atoms with Crippen LogP contribution in [0.2, 0.25) is 0 Å². The smallest absolute Gasteiger partial charge is 0.0852 e. The second-order valence-electron chi connectivity index (χ2n) is 3.37. The van der Waals surface area contributed by atoms with Gasteiger partial charge in [0.05, 0.1) is 18.4 Å². The molecule has 12 heavy (non-hydrogen) atoms. The Morgan fingerprint density at radius 1 is 1.50 bits per heavy atom. The molecule has 0 fully saturated rings. The summed E-state index contributed by atoms with van der Waals surface area (Å²) in [7, 11) is 0. The third kappa shape index (κ3) is 2.32. The Bertz CT molecular complexity index is 227. The second kappa shape index (κ2) is 4.24. The van der Waals surface area contributed by atoms with Crippen molar-refractivity contribution in [2.45, 2.75) is 46.1 Å². The Morgan fingerprint density at radius 2 is 2.25 bits per heavy atom. The molecule has 0 aliphatic rings. The van der Waals surface area contributed by atoms with Crippen LogP contribution in [-0.4, -0.2) is 15.0 Å². The highest BCUT2D eigenvalue weighted by atomic mass is 15.5. The van der Waals surface area contributed by atoms with Crippen LogP contribution in [0.4, 0.5) is 0 Å². The predicted molar refractivity (Wildman–Crippen MR) is 49.0 cm³/mol. The van der Waals surface area contributed by atoms with Crippen LogP contribution >= 0.6 is 0 Å². The van der Waals surface area contributed by atoms with Gasteiger partial charge in [0.15, 0.2) is 0 Å². The fourth-order valence-electron chi connectivity index (χ4n) is 0.983. The van der Waals surface area contributed by atoms with Crippen molar-refractivity contribution in [2.24, 2.45) is 0 Å². The van der Waals surface area contributed by atoms with Crippen LogP contribution in [0.15, 0.2) is 6.20 Å². The fraction of sp³-hybridized carbons (Fsp3) is 0.778. The van der Waals surface area contributed by atoms with Gasteiger partial charge >= 0.3 is 0 Å². The van der Waals surface area contributed by atoms with Crippen LogP contribution in [0.25, 0.3) is 0 Å². The van der Waals surface area contributed by atoms with Crippen molar-refractivity contribution in [3.8, 4) is 0 Å². The van der Waals surface area contributed by atoms with E-state index in [0.29, 0.717) is 5.92 Å². The largest absolute Gasteiger partial charge is 0.185 e. The lowest BCUT2D eigenvalue weighted by Gasteiger charge is -1.97. The van der Waals surface area contributed by atoms with Gasteiger partial charge in [0.1, 0.15) is 0 Å². The maximum atomic E-state index is 4.35. The lowest BCUT2D eigenvalue weighted by atomic mass is 10.2. The van der Waals surface area contributed by atoms with E-state index in [4.69, 9.17) is 0 Å². The van der Waals surface area contributed by atoms with Crippen LogP contribution in [-0.2, 0) is 6.54 Å². The average molecular weight is 167 g/mol. The number of aryl methyl sites for hydroxylation is 1. The summed E-state index contributed by atoms with van der Waals surface area (Å²) in [6.07, 6.45) is 4.21.